The molecule has 0 atom stereocenters. The van der Waals surface area contributed by atoms with Crippen LogP contribution in [0.5, 0.6) is 0 Å². The molecule has 2 aliphatic rings. The van der Waals surface area contributed by atoms with E-state index in [1.54, 1.807) is 50.3 Å². The van der Waals surface area contributed by atoms with E-state index in [-0.39, 0.29) is 0 Å². The van der Waals surface area contributed by atoms with Gasteiger partial charge in [-0.25, -0.2) is 0 Å². The van der Waals surface area contributed by atoms with E-state index in [1.807, 2.05) is 0 Å². The minimum absolute atomic E-state index is 0.930. The summed E-state index contributed by atoms with van der Waals surface area (Å²) >= 11 is 0. The third kappa shape index (κ3) is 0.925. The Kier molecular flexibility index (Phi) is 1.40. The second-order valence-electron chi connectivity index (χ2n) is 4.92. The molecule has 0 amide bonds. The second-order valence-corrected chi connectivity index (χ2v) is 11.9. The van der Waals surface area contributed by atoms with Crippen LogP contribution in [0.15, 0.2) is 0 Å². The third-order valence-corrected chi connectivity index (χ3v) is 10.8. The Bertz CT molecular complexity index is 115. The zero-order valence-electron chi connectivity index (χ0n) is 7.10. The van der Waals surface area contributed by atoms with E-state index in [9.17, 15) is 0 Å². The van der Waals surface area contributed by atoms with Crippen molar-refractivity contribution in [2.45, 2.75) is 25.7 Å². The van der Waals surface area contributed by atoms with Crippen molar-refractivity contribution >= 4 is 6.60 Å². The summed E-state index contributed by atoms with van der Waals surface area (Å²) in [5, 5.41) is 0. The second kappa shape index (κ2) is 1.97. The van der Waals surface area contributed by atoms with Crippen LogP contribution >= 0.6 is 6.60 Å². The summed E-state index contributed by atoms with van der Waals surface area (Å²) < 4.78 is 0. The Morgan fingerprint density at radius 1 is 0.700 bits per heavy atom. The van der Waals surface area contributed by atoms with E-state index in [0.29, 0.717) is 0 Å². The van der Waals surface area contributed by atoms with E-state index in [0.717, 1.165) is 0 Å². The Hall–Kier alpha value is 0.430. The molecule has 0 aromatic rings. The van der Waals surface area contributed by atoms with Crippen LogP contribution in [0, 0.1) is 0 Å². The number of rotatable bonds is 0. The van der Waals surface area contributed by atoms with Gasteiger partial charge in [-0.2, -0.15) is 0 Å². The normalized spacial score (nSPS) is 39.5. The van der Waals surface area contributed by atoms with Crippen LogP contribution in [0.1, 0.15) is 25.7 Å². The average Bonchev–Trinajstić information content (AvgIpc) is 2.44. The van der Waals surface area contributed by atoms with E-state index in [4.69, 9.17) is 0 Å². The zero-order chi connectivity index (χ0) is 7.10. The first kappa shape index (κ1) is 7.10. The first-order valence-electron chi connectivity index (χ1n) is 4.71. The maximum absolute atomic E-state index is 2.69. The first-order chi connectivity index (χ1) is 4.71. The van der Waals surface area contributed by atoms with Crippen molar-refractivity contribution in [1.82, 2.24) is 0 Å². The van der Waals surface area contributed by atoms with Gasteiger partial charge in [0.2, 0.25) is 0 Å². The summed E-state index contributed by atoms with van der Waals surface area (Å²) in [4.78, 5) is 0. The van der Waals surface area contributed by atoms with Crippen LogP contribution in [0.4, 0.5) is 0 Å². The van der Waals surface area contributed by atoms with Crippen molar-refractivity contribution in [2.75, 3.05) is 31.3 Å². The van der Waals surface area contributed by atoms with Gasteiger partial charge < -0.3 is 0 Å². The molecule has 2 rings (SSSR count). The van der Waals surface area contributed by atoms with Crippen LogP contribution in [0.2, 0.25) is 0 Å². The Morgan fingerprint density at radius 3 is 1.30 bits per heavy atom. The molecule has 0 unspecified atom stereocenters. The minimum atomic E-state index is -0.930. The fourth-order valence-electron chi connectivity index (χ4n) is 3.09. The third-order valence-electron chi connectivity index (χ3n) is 3.92. The molecule has 0 aromatic carbocycles. The molecular weight excluding hydrogens is 139 g/mol. The van der Waals surface area contributed by atoms with Gasteiger partial charge >= 0.3 is 63.6 Å². The molecule has 0 bridgehead atoms. The SMILES string of the molecule is CP12(CCCC1)CCCC2. The number of hydrogen-bond donors (Lipinski definition) is 0. The average molecular weight is 158 g/mol. The summed E-state index contributed by atoms with van der Waals surface area (Å²) in [6, 6.07) is 0. The topological polar surface area (TPSA) is 0 Å². The molecule has 2 heterocycles. The number of hydrogen-bond acceptors (Lipinski definition) is 0. The summed E-state index contributed by atoms with van der Waals surface area (Å²) in [7, 11) is 0. The van der Waals surface area contributed by atoms with Gasteiger partial charge in [-0.15, -0.1) is 0 Å². The molecule has 10 heavy (non-hydrogen) atoms. The molecule has 1 heteroatoms. The van der Waals surface area contributed by atoms with Gasteiger partial charge in [0, 0.05) is 0 Å². The summed E-state index contributed by atoms with van der Waals surface area (Å²) in [6.45, 7) is 1.76. The molecule has 60 valence electrons. The van der Waals surface area contributed by atoms with Crippen molar-refractivity contribution in [2.24, 2.45) is 0 Å². The standard InChI is InChI=1S/C9H19P/c1-10(6-2-3-7-10)8-4-5-9-10/h2-9H2,1H3. The predicted molar refractivity (Wildman–Crippen MR) is 50.8 cm³/mol. The predicted octanol–water partition coefficient (Wildman–Crippen LogP) is 2.76. The molecule has 0 aromatic heterocycles. The van der Waals surface area contributed by atoms with E-state index < -0.39 is 6.60 Å². The molecule has 1 spiro atoms. The van der Waals surface area contributed by atoms with Gasteiger partial charge in [-0.3, -0.25) is 0 Å². The summed E-state index contributed by atoms with van der Waals surface area (Å²) in [5.74, 6) is 0. The van der Waals surface area contributed by atoms with E-state index in [1.165, 1.54) is 0 Å². The fraction of sp³-hybridized carbons (Fsp3) is 1.00. The summed E-state index contributed by atoms with van der Waals surface area (Å²) in [6.07, 6.45) is 12.9. The zero-order valence-corrected chi connectivity index (χ0v) is 8.00. The van der Waals surface area contributed by atoms with E-state index >= 15 is 0 Å². The fourth-order valence-corrected chi connectivity index (χ4v) is 9.28. The van der Waals surface area contributed by atoms with E-state index in [2.05, 4.69) is 6.66 Å². The van der Waals surface area contributed by atoms with Crippen LogP contribution in [-0.4, -0.2) is 31.3 Å². The first-order valence-corrected chi connectivity index (χ1v) is 8.14. The van der Waals surface area contributed by atoms with Crippen molar-refractivity contribution < 1.29 is 0 Å². The molecule has 2 fully saturated rings. The molecule has 2 aliphatic heterocycles. The van der Waals surface area contributed by atoms with Crippen molar-refractivity contribution in [3.8, 4) is 0 Å². The van der Waals surface area contributed by atoms with Crippen LogP contribution < -0.4 is 0 Å². The van der Waals surface area contributed by atoms with Crippen molar-refractivity contribution in [3.63, 3.8) is 0 Å². The van der Waals surface area contributed by atoms with Crippen LogP contribution in [0.3, 0.4) is 0 Å². The molecule has 2 saturated heterocycles. The van der Waals surface area contributed by atoms with Gasteiger partial charge in [0.05, 0.1) is 0 Å². The Morgan fingerprint density at radius 2 is 1.00 bits per heavy atom. The molecule has 0 saturated carbocycles. The van der Waals surface area contributed by atoms with Gasteiger partial charge in [-0.1, -0.05) is 0 Å². The molecule has 0 N–H and O–H groups in total. The molecule has 0 aliphatic carbocycles. The Balaban J connectivity index is 2.22. The van der Waals surface area contributed by atoms with Gasteiger partial charge in [0.15, 0.2) is 0 Å². The van der Waals surface area contributed by atoms with Gasteiger partial charge in [-0.05, 0) is 0 Å². The van der Waals surface area contributed by atoms with Crippen LogP contribution in [-0.2, 0) is 0 Å². The summed E-state index contributed by atoms with van der Waals surface area (Å²) in [5.41, 5.74) is 0. The van der Waals surface area contributed by atoms with Gasteiger partial charge in [0.1, 0.15) is 0 Å². The molecular formula is C9H19P. The maximum atomic E-state index is 2.69. The van der Waals surface area contributed by atoms with Crippen molar-refractivity contribution in [3.05, 3.63) is 0 Å². The molecule has 0 radical (unpaired) electrons. The Labute approximate surface area is 64.3 Å². The monoisotopic (exact) mass is 158 g/mol. The molecule has 0 nitrogen and oxygen atoms in total. The van der Waals surface area contributed by atoms with Crippen LogP contribution in [0.25, 0.3) is 0 Å². The van der Waals surface area contributed by atoms with Crippen molar-refractivity contribution in [1.29, 1.82) is 0 Å². The quantitative estimate of drug-likeness (QED) is 0.475. The van der Waals surface area contributed by atoms with Gasteiger partial charge in [0.25, 0.3) is 0 Å².